The van der Waals surface area contributed by atoms with Gasteiger partial charge in [-0.2, -0.15) is 0 Å². The highest BCUT2D eigenvalue weighted by Crippen LogP contribution is 2.14. The molecule has 2 heterocycles. The van der Waals surface area contributed by atoms with E-state index in [9.17, 15) is 9.59 Å². The maximum Gasteiger partial charge on any atom is 0.328 e. The molecule has 0 saturated carbocycles. The summed E-state index contributed by atoms with van der Waals surface area (Å²) < 4.78 is 4.88. The van der Waals surface area contributed by atoms with Crippen molar-refractivity contribution in [2.75, 3.05) is 7.11 Å². The lowest BCUT2D eigenvalue weighted by Gasteiger charge is -2.16. The van der Waals surface area contributed by atoms with Crippen molar-refractivity contribution >= 4 is 33.7 Å². The van der Waals surface area contributed by atoms with Crippen LogP contribution in [0.2, 0.25) is 0 Å². The fourth-order valence-electron chi connectivity index (χ4n) is 3.19. The van der Waals surface area contributed by atoms with Crippen LogP contribution in [0.4, 0.5) is 0 Å². The molecule has 1 atom stereocenters. The van der Waals surface area contributed by atoms with Crippen molar-refractivity contribution < 1.29 is 14.3 Å². The lowest BCUT2D eigenvalue weighted by atomic mass is 10.1. The summed E-state index contributed by atoms with van der Waals surface area (Å²) >= 11 is 0. The van der Waals surface area contributed by atoms with Crippen molar-refractivity contribution in [3.8, 4) is 0 Å². The second-order valence-corrected chi connectivity index (χ2v) is 6.64. The van der Waals surface area contributed by atoms with Crippen molar-refractivity contribution in [2.24, 2.45) is 0 Å². The number of amides is 1. The van der Waals surface area contributed by atoms with Gasteiger partial charge in [-0.15, -0.1) is 0 Å². The molecule has 0 aliphatic carbocycles. The lowest BCUT2D eigenvalue weighted by molar-refractivity contribution is -0.142. The molecule has 4 rings (SSSR count). The average Bonchev–Trinajstić information content (AvgIpc) is 2.77. The minimum Gasteiger partial charge on any atom is -0.467 e. The van der Waals surface area contributed by atoms with Gasteiger partial charge in [0.15, 0.2) is 0 Å². The number of nitrogens with one attached hydrogen (secondary N) is 1. The molecule has 6 nitrogen and oxygen atoms in total. The second kappa shape index (κ2) is 8.06. The number of carbonyl (C=O) groups is 2. The Kier molecular flexibility index (Phi) is 5.16. The zero-order chi connectivity index (χ0) is 20.2. The van der Waals surface area contributed by atoms with E-state index in [-0.39, 0.29) is 12.1 Å². The van der Waals surface area contributed by atoms with Crippen molar-refractivity contribution in [2.45, 2.75) is 12.5 Å². The quantitative estimate of drug-likeness (QED) is 0.533. The molecule has 2 aromatic heterocycles. The Balaban J connectivity index is 1.57. The predicted octanol–water partition coefficient (Wildman–Crippen LogP) is 3.30. The Hall–Kier alpha value is -3.80. The summed E-state index contributed by atoms with van der Waals surface area (Å²) in [5.74, 6) is -0.971. The third-order valence-electron chi connectivity index (χ3n) is 4.69. The molecule has 0 saturated heterocycles. The molecule has 2 aromatic carbocycles. The minimum absolute atomic E-state index is 0.219. The first-order valence-electron chi connectivity index (χ1n) is 9.23. The molecule has 6 heteroatoms. The normalized spacial score (nSPS) is 11.9. The number of methoxy groups -OCH3 is 1. The van der Waals surface area contributed by atoms with E-state index in [1.54, 1.807) is 6.07 Å². The van der Waals surface area contributed by atoms with Gasteiger partial charge >= 0.3 is 5.97 Å². The van der Waals surface area contributed by atoms with Crippen LogP contribution in [0.3, 0.4) is 0 Å². The van der Waals surface area contributed by atoms with Crippen molar-refractivity contribution in [3.63, 3.8) is 0 Å². The van der Waals surface area contributed by atoms with Gasteiger partial charge in [0, 0.05) is 22.9 Å². The summed E-state index contributed by atoms with van der Waals surface area (Å²) in [6.45, 7) is 0. The fraction of sp³-hybridized carbons (Fsp3) is 0.130. The number of para-hydroxylation sites is 2. The van der Waals surface area contributed by atoms with Crippen LogP contribution < -0.4 is 5.32 Å². The molecule has 0 spiro atoms. The first kappa shape index (κ1) is 18.6. The Bertz CT molecular complexity index is 1210. The van der Waals surface area contributed by atoms with Gasteiger partial charge in [0.1, 0.15) is 11.7 Å². The smallest absolute Gasteiger partial charge is 0.328 e. The van der Waals surface area contributed by atoms with Gasteiger partial charge < -0.3 is 10.1 Å². The van der Waals surface area contributed by atoms with Crippen molar-refractivity contribution in [1.82, 2.24) is 15.3 Å². The van der Waals surface area contributed by atoms with E-state index in [1.807, 2.05) is 66.7 Å². The first-order valence-corrected chi connectivity index (χ1v) is 9.23. The lowest BCUT2D eigenvalue weighted by Crippen LogP contribution is -2.43. The van der Waals surface area contributed by atoms with Gasteiger partial charge in [-0.25, -0.2) is 9.78 Å². The summed E-state index contributed by atoms with van der Waals surface area (Å²) in [5.41, 5.74) is 2.47. The zero-order valence-corrected chi connectivity index (χ0v) is 15.8. The Morgan fingerprint density at radius 1 is 0.862 bits per heavy atom. The van der Waals surface area contributed by atoms with E-state index in [0.29, 0.717) is 11.2 Å². The topological polar surface area (TPSA) is 81.2 Å². The SMILES string of the molecule is COC(=O)[C@H](Cc1ccc2ccccc2n1)NC(=O)c1ccc2ccccc2n1. The third kappa shape index (κ3) is 4.06. The van der Waals surface area contributed by atoms with Crippen LogP contribution in [0.25, 0.3) is 21.8 Å². The van der Waals surface area contributed by atoms with Gasteiger partial charge in [-0.3, -0.25) is 9.78 Å². The Morgan fingerprint density at radius 2 is 1.48 bits per heavy atom. The standard InChI is InChI=1S/C23H19N3O3/c1-29-23(28)21(14-17-12-10-15-6-2-4-8-18(15)24-17)26-22(27)20-13-11-16-7-3-5-9-19(16)25-20/h2-13,21H,14H2,1H3,(H,26,27)/t21-/m0/s1. The molecule has 29 heavy (non-hydrogen) atoms. The number of carbonyl (C=O) groups excluding carboxylic acids is 2. The number of aromatic nitrogens is 2. The van der Waals surface area contributed by atoms with Crippen molar-refractivity contribution in [1.29, 1.82) is 0 Å². The predicted molar refractivity (Wildman–Crippen MR) is 110 cm³/mol. The second-order valence-electron chi connectivity index (χ2n) is 6.64. The summed E-state index contributed by atoms with van der Waals surface area (Å²) in [6, 6.07) is 21.6. The molecule has 0 radical (unpaired) electrons. The van der Waals surface area contributed by atoms with E-state index in [2.05, 4.69) is 15.3 Å². The highest BCUT2D eigenvalue weighted by Gasteiger charge is 2.24. The van der Waals surface area contributed by atoms with Crippen LogP contribution in [0.15, 0.2) is 72.8 Å². The van der Waals surface area contributed by atoms with E-state index >= 15 is 0 Å². The highest BCUT2D eigenvalue weighted by atomic mass is 16.5. The van der Waals surface area contributed by atoms with Crippen molar-refractivity contribution in [3.05, 3.63) is 84.2 Å². The van der Waals surface area contributed by atoms with Crippen LogP contribution in [-0.4, -0.2) is 35.0 Å². The Morgan fingerprint density at radius 3 is 2.17 bits per heavy atom. The molecule has 0 aliphatic rings. The molecule has 0 aliphatic heterocycles. The molecule has 1 N–H and O–H groups in total. The van der Waals surface area contributed by atoms with Gasteiger partial charge in [0.05, 0.1) is 18.1 Å². The minimum atomic E-state index is -0.866. The van der Waals surface area contributed by atoms with E-state index in [1.165, 1.54) is 7.11 Å². The van der Waals surface area contributed by atoms with Crippen LogP contribution in [0.5, 0.6) is 0 Å². The average molecular weight is 385 g/mol. The van der Waals surface area contributed by atoms with Crippen LogP contribution >= 0.6 is 0 Å². The fourth-order valence-corrected chi connectivity index (χ4v) is 3.19. The maximum atomic E-state index is 12.7. The van der Waals surface area contributed by atoms with Gasteiger partial charge in [0.25, 0.3) is 5.91 Å². The first-order chi connectivity index (χ1) is 14.1. The summed E-state index contributed by atoms with van der Waals surface area (Å²) in [6.07, 6.45) is 0.219. The van der Waals surface area contributed by atoms with Gasteiger partial charge in [0.2, 0.25) is 0 Å². The largest absolute Gasteiger partial charge is 0.467 e. The number of rotatable bonds is 5. The number of pyridine rings is 2. The molecule has 4 aromatic rings. The summed E-state index contributed by atoms with van der Waals surface area (Å²) in [5, 5.41) is 4.68. The maximum absolute atomic E-state index is 12.7. The molecule has 0 fully saturated rings. The molecule has 144 valence electrons. The highest BCUT2D eigenvalue weighted by molar-refractivity contribution is 5.97. The number of fused-ring (bicyclic) bond motifs is 2. The van der Waals surface area contributed by atoms with Crippen LogP contribution in [0, 0.1) is 0 Å². The number of esters is 1. The number of nitrogens with zero attached hydrogens (tertiary/aromatic N) is 2. The molecule has 0 unspecified atom stereocenters. The number of benzene rings is 2. The Labute approximate surface area is 167 Å². The van der Waals surface area contributed by atoms with E-state index in [0.717, 1.165) is 16.3 Å². The number of ether oxygens (including phenoxy) is 1. The molecular formula is C23H19N3O3. The van der Waals surface area contributed by atoms with Gasteiger partial charge in [-0.1, -0.05) is 48.5 Å². The molecule has 1 amide bonds. The van der Waals surface area contributed by atoms with Crippen LogP contribution in [-0.2, 0) is 16.0 Å². The monoisotopic (exact) mass is 385 g/mol. The molecular weight excluding hydrogens is 366 g/mol. The molecule has 0 bridgehead atoms. The third-order valence-corrected chi connectivity index (χ3v) is 4.69. The summed E-state index contributed by atoms with van der Waals surface area (Å²) in [7, 11) is 1.30. The zero-order valence-electron chi connectivity index (χ0n) is 15.8. The number of hydrogen-bond donors (Lipinski definition) is 1. The van der Waals surface area contributed by atoms with Crippen LogP contribution in [0.1, 0.15) is 16.2 Å². The summed E-state index contributed by atoms with van der Waals surface area (Å²) in [4.78, 5) is 34.0. The van der Waals surface area contributed by atoms with E-state index < -0.39 is 17.9 Å². The number of hydrogen-bond acceptors (Lipinski definition) is 5. The van der Waals surface area contributed by atoms with Gasteiger partial charge in [-0.05, 0) is 24.3 Å². The van der Waals surface area contributed by atoms with E-state index in [4.69, 9.17) is 4.74 Å².